The standard InChI is InChI=1S/C25H26FOS/c1-2-25(17-9-10-18-25)27-24-16-15-22(19-23(24)26)28(20-11-5-3-6-12-20)21-13-7-4-8-14-21/h3-8,11-16,19H,2,9-10,17-18H2,1H3/q+1. The van der Waals surface area contributed by atoms with E-state index < -0.39 is 0 Å². The van der Waals surface area contributed by atoms with Gasteiger partial charge in [0.25, 0.3) is 0 Å². The number of hydrogen-bond donors (Lipinski definition) is 0. The Morgan fingerprint density at radius 2 is 1.39 bits per heavy atom. The highest BCUT2D eigenvalue weighted by Crippen LogP contribution is 2.39. The third-order valence-electron chi connectivity index (χ3n) is 5.58. The quantitative estimate of drug-likeness (QED) is 0.409. The van der Waals surface area contributed by atoms with E-state index in [-0.39, 0.29) is 22.3 Å². The molecule has 28 heavy (non-hydrogen) atoms. The van der Waals surface area contributed by atoms with Gasteiger partial charge in [-0.05, 0) is 68.5 Å². The van der Waals surface area contributed by atoms with Crippen molar-refractivity contribution < 1.29 is 9.13 Å². The maximum atomic E-state index is 15.1. The summed E-state index contributed by atoms with van der Waals surface area (Å²) in [4.78, 5) is 3.34. The fourth-order valence-electron chi connectivity index (χ4n) is 3.99. The first kappa shape index (κ1) is 19.1. The molecular formula is C25H26FOS+. The van der Waals surface area contributed by atoms with Crippen LogP contribution in [0.25, 0.3) is 0 Å². The lowest BCUT2D eigenvalue weighted by atomic mass is 9.99. The molecule has 3 heteroatoms. The Bertz CT molecular complexity index is 865. The summed E-state index contributed by atoms with van der Waals surface area (Å²) in [6.45, 7) is 2.14. The summed E-state index contributed by atoms with van der Waals surface area (Å²) >= 11 is 0. The third kappa shape index (κ3) is 3.95. The maximum Gasteiger partial charge on any atom is 0.170 e. The molecule has 0 spiro atoms. The molecule has 0 heterocycles. The van der Waals surface area contributed by atoms with Crippen molar-refractivity contribution in [1.82, 2.24) is 0 Å². The molecule has 0 aliphatic heterocycles. The molecule has 3 aromatic rings. The van der Waals surface area contributed by atoms with Crippen LogP contribution in [-0.4, -0.2) is 5.60 Å². The number of rotatable bonds is 6. The zero-order chi connectivity index (χ0) is 19.4. The molecule has 1 aliphatic carbocycles. The Morgan fingerprint density at radius 3 is 1.89 bits per heavy atom. The molecule has 0 bridgehead atoms. The van der Waals surface area contributed by atoms with Crippen molar-refractivity contribution in [3.8, 4) is 5.75 Å². The van der Waals surface area contributed by atoms with Crippen LogP contribution < -0.4 is 4.74 Å². The zero-order valence-electron chi connectivity index (χ0n) is 16.2. The second-order valence-electron chi connectivity index (χ2n) is 7.37. The number of ether oxygens (including phenoxy) is 1. The van der Waals surface area contributed by atoms with Crippen molar-refractivity contribution in [1.29, 1.82) is 0 Å². The van der Waals surface area contributed by atoms with Crippen LogP contribution in [-0.2, 0) is 10.9 Å². The molecule has 3 aromatic carbocycles. The van der Waals surface area contributed by atoms with Crippen LogP contribution in [0.3, 0.4) is 0 Å². The predicted molar refractivity (Wildman–Crippen MR) is 114 cm³/mol. The first-order valence-corrected chi connectivity index (χ1v) is 11.3. The van der Waals surface area contributed by atoms with E-state index in [9.17, 15) is 0 Å². The summed E-state index contributed by atoms with van der Waals surface area (Å²) in [5, 5.41) is 0. The highest BCUT2D eigenvalue weighted by molar-refractivity contribution is 7.97. The Hall–Kier alpha value is -2.26. The van der Waals surface area contributed by atoms with Gasteiger partial charge in [0.05, 0.1) is 10.9 Å². The maximum absolute atomic E-state index is 15.1. The summed E-state index contributed by atoms with van der Waals surface area (Å²) in [7, 11) is -0.345. The Morgan fingerprint density at radius 1 is 0.821 bits per heavy atom. The van der Waals surface area contributed by atoms with Crippen LogP contribution in [0, 0.1) is 5.82 Å². The molecule has 0 aromatic heterocycles. The summed E-state index contributed by atoms with van der Waals surface area (Å²) < 4.78 is 21.3. The fourth-order valence-corrected chi connectivity index (χ4v) is 6.09. The van der Waals surface area contributed by atoms with E-state index in [4.69, 9.17) is 4.74 Å². The van der Waals surface area contributed by atoms with Crippen molar-refractivity contribution in [3.63, 3.8) is 0 Å². The fraction of sp³-hybridized carbons (Fsp3) is 0.280. The van der Waals surface area contributed by atoms with Crippen LogP contribution in [0.1, 0.15) is 39.0 Å². The second-order valence-corrected chi connectivity index (χ2v) is 9.40. The van der Waals surface area contributed by atoms with E-state index in [0.717, 1.165) is 24.2 Å². The molecule has 0 atom stereocenters. The predicted octanol–water partition coefficient (Wildman–Crippen LogP) is 7.02. The smallest absolute Gasteiger partial charge is 0.170 e. The van der Waals surface area contributed by atoms with Crippen LogP contribution in [0.4, 0.5) is 4.39 Å². The van der Waals surface area contributed by atoms with E-state index in [2.05, 4.69) is 31.2 Å². The average Bonchev–Trinajstić information content (AvgIpc) is 3.21. The van der Waals surface area contributed by atoms with Crippen LogP contribution in [0.15, 0.2) is 93.5 Å². The van der Waals surface area contributed by atoms with Crippen molar-refractivity contribution in [2.75, 3.05) is 0 Å². The van der Waals surface area contributed by atoms with E-state index in [1.54, 1.807) is 6.07 Å². The van der Waals surface area contributed by atoms with Crippen LogP contribution in [0.2, 0.25) is 0 Å². The molecular weight excluding hydrogens is 367 g/mol. The molecule has 4 rings (SSSR count). The molecule has 0 unspecified atom stereocenters. The third-order valence-corrected chi connectivity index (χ3v) is 7.79. The van der Waals surface area contributed by atoms with Crippen molar-refractivity contribution in [3.05, 3.63) is 84.7 Å². The highest BCUT2D eigenvalue weighted by atomic mass is 32.2. The topological polar surface area (TPSA) is 9.23 Å². The monoisotopic (exact) mass is 393 g/mol. The average molecular weight is 394 g/mol. The Kier molecular flexibility index (Phi) is 5.72. The molecule has 1 saturated carbocycles. The van der Waals surface area contributed by atoms with Crippen molar-refractivity contribution in [2.24, 2.45) is 0 Å². The van der Waals surface area contributed by atoms with E-state index in [1.807, 2.05) is 48.5 Å². The minimum absolute atomic E-state index is 0.192. The Labute approximate surface area is 169 Å². The number of hydrogen-bond acceptors (Lipinski definition) is 1. The van der Waals surface area contributed by atoms with Crippen molar-refractivity contribution >= 4 is 10.9 Å². The van der Waals surface area contributed by atoms with E-state index in [1.165, 1.54) is 22.6 Å². The molecule has 1 fully saturated rings. The molecule has 0 radical (unpaired) electrons. The van der Waals surface area contributed by atoms with Gasteiger partial charge < -0.3 is 4.74 Å². The molecule has 1 aliphatic rings. The minimum Gasteiger partial charge on any atom is -0.484 e. The van der Waals surface area contributed by atoms with Gasteiger partial charge in [-0.25, -0.2) is 4.39 Å². The second kappa shape index (κ2) is 8.40. The van der Waals surface area contributed by atoms with Gasteiger partial charge in [0, 0.05) is 6.07 Å². The lowest BCUT2D eigenvalue weighted by Gasteiger charge is -2.29. The van der Waals surface area contributed by atoms with Gasteiger partial charge in [-0.15, -0.1) is 0 Å². The van der Waals surface area contributed by atoms with Gasteiger partial charge in [-0.3, -0.25) is 0 Å². The van der Waals surface area contributed by atoms with Crippen LogP contribution in [0.5, 0.6) is 5.75 Å². The molecule has 0 saturated heterocycles. The Balaban J connectivity index is 1.69. The summed E-state index contributed by atoms with van der Waals surface area (Å²) in [5.41, 5.74) is -0.192. The molecule has 0 amide bonds. The minimum atomic E-state index is -0.345. The first-order chi connectivity index (χ1) is 13.7. The van der Waals surface area contributed by atoms with Crippen LogP contribution >= 0.6 is 0 Å². The summed E-state index contributed by atoms with van der Waals surface area (Å²) in [5.74, 6) is 0.124. The van der Waals surface area contributed by atoms with E-state index >= 15 is 4.39 Å². The lowest BCUT2D eigenvalue weighted by molar-refractivity contribution is 0.0672. The van der Waals surface area contributed by atoms with Gasteiger partial charge >= 0.3 is 0 Å². The summed E-state index contributed by atoms with van der Waals surface area (Å²) in [6.07, 6.45) is 5.29. The highest BCUT2D eigenvalue weighted by Gasteiger charge is 2.35. The van der Waals surface area contributed by atoms with Gasteiger partial charge in [-0.2, -0.15) is 0 Å². The largest absolute Gasteiger partial charge is 0.484 e. The molecule has 144 valence electrons. The lowest BCUT2D eigenvalue weighted by Crippen LogP contribution is -2.31. The van der Waals surface area contributed by atoms with Gasteiger partial charge in [0.15, 0.2) is 26.3 Å². The van der Waals surface area contributed by atoms with Gasteiger partial charge in [-0.1, -0.05) is 43.3 Å². The van der Waals surface area contributed by atoms with E-state index in [0.29, 0.717) is 5.75 Å². The first-order valence-electron chi connectivity index (χ1n) is 10.0. The van der Waals surface area contributed by atoms with Gasteiger partial charge in [0.2, 0.25) is 0 Å². The van der Waals surface area contributed by atoms with Crippen molar-refractivity contribution in [2.45, 2.75) is 59.3 Å². The molecule has 1 nitrogen and oxygen atoms in total. The normalized spacial score (nSPS) is 15.7. The SMILES string of the molecule is CCC1(Oc2ccc([S+](c3ccccc3)c3ccccc3)cc2F)CCCC1. The molecule has 0 N–H and O–H groups in total. The number of halogens is 1. The van der Waals surface area contributed by atoms with Gasteiger partial charge in [0.1, 0.15) is 5.60 Å². The zero-order valence-corrected chi connectivity index (χ0v) is 17.1. The number of benzene rings is 3. The summed E-state index contributed by atoms with van der Waals surface area (Å²) in [6, 6.07) is 26.2.